The Morgan fingerprint density at radius 2 is 1.71 bits per heavy atom. The van der Waals surface area contributed by atoms with Gasteiger partial charge in [0, 0.05) is 19.3 Å². The fraction of sp³-hybridized carbons (Fsp3) is 0.750. The second-order valence-electron chi connectivity index (χ2n) is 5.17. The van der Waals surface area contributed by atoms with E-state index >= 15 is 0 Å². The first kappa shape index (κ1) is 12.1. The summed E-state index contributed by atoms with van der Waals surface area (Å²) < 4.78 is 9.88. The maximum atomic E-state index is 12.1. The number of Topliss-reactive ketones (excluding diaryl/α,β-unsaturated/α-hetero) is 1. The molecule has 2 fully saturated rings. The van der Waals surface area contributed by atoms with Crippen LogP contribution in [0.15, 0.2) is 0 Å². The highest BCUT2D eigenvalue weighted by atomic mass is 16.7. The van der Waals surface area contributed by atoms with Crippen molar-refractivity contribution >= 4 is 17.7 Å². The zero-order valence-electron chi connectivity index (χ0n) is 10.2. The number of carbonyl (C=O) groups is 3. The molecule has 1 aliphatic heterocycles. The molecule has 1 heterocycles. The molecular formula is C12H16O5. The first-order chi connectivity index (χ1) is 7.81. The summed E-state index contributed by atoms with van der Waals surface area (Å²) in [6, 6.07) is 0. The van der Waals surface area contributed by atoms with Gasteiger partial charge in [-0.1, -0.05) is 6.92 Å². The fourth-order valence-electron chi connectivity index (χ4n) is 2.16. The van der Waals surface area contributed by atoms with Gasteiger partial charge in [0.2, 0.25) is 5.92 Å². The zero-order chi connectivity index (χ0) is 12.8. The van der Waals surface area contributed by atoms with Crippen LogP contribution >= 0.6 is 0 Å². The summed E-state index contributed by atoms with van der Waals surface area (Å²) in [7, 11) is 0. The highest BCUT2D eigenvalue weighted by molar-refractivity contribution is 6.18. The summed E-state index contributed by atoms with van der Waals surface area (Å²) >= 11 is 0. The van der Waals surface area contributed by atoms with Crippen LogP contribution in [0.2, 0.25) is 0 Å². The number of rotatable bonds is 3. The molecule has 2 aliphatic rings. The Kier molecular flexibility index (Phi) is 2.52. The van der Waals surface area contributed by atoms with E-state index in [1.807, 2.05) is 6.92 Å². The lowest BCUT2D eigenvalue weighted by Gasteiger charge is -2.33. The third-order valence-corrected chi connectivity index (χ3v) is 3.48. The highest BCUT2D eigenvalue weighted by Gasteiger charge is 2.57. The summed E-state index contributed by atoms with van der Waals surface area (Å²) in [6.07, 6.45) is 2.12. The second-order valence-corrected chi connectivity index (χ2v) is 5.17. The highest BCUT2D eigenvalue weighted by Crippen LogP contribution is 2.51. The van der Waals surface area contributed by atoms with Crippen LogP contribution in [0.5, 0.6) is 0 Å². The van der Waals surface area contributed by atoms with Crippen LogP contribution in [0.25, 0.3) is 0 Å². The zero-order valence-corrected chi connectivity index (χ0v) is 10.2. The van der Waals surface area contributed by atoms with Gasteiger partial charge in [-0.05, 0) is 19.3 Å². The maximum absolute atomic E-state index is 12.1. The number of ketones is 1. The van der Waals surface area contributed by atoms with Crippen LogP contribution < -0.4 is 0 Å². The van der Waals surface area contributed by atoms with Gasteiger partial charge in [-0.3, -0.25) is 14.4 Å². The van der Waals surface area contributed by atoms with E-state index in [2.05, 4.69) is 0 Å². The molecule has 0 aromatic rings. The smallest absolute Gasteiger partial charge is 0.331 e. The van der Waals surface area contributed by atoms with Crippen LogP contribution in [-0.2, 0) is 23.9 Å². The standard InChI is InChI=1S/C12H16O5/c1-4-12(5-6-12)8(13)7-9(14)16-11(2,3)17-10(7)15/h7H,4-6H2,1-3H3. The molecule has 0 unspecified atom stereocenters. The van der Waals surface area contributed by atoms with E-state index in [0.29, 0.717) is 6.42 Å². The molecule has 0 aromatic carbocycles. The van der Waals surface area contributed by atoms with Crippen LogP contribution in [0, 0.1) is 11.3 Å². The molecule has 94 valence electrons. The van der Waals surface area contributed by atoms with E-state index < -0.39 is 29.1 Å². The van der Waals surface area contributed by atoms with Crippen LogP contribution in [-0.4, -0.2) is 23.5 Å². The van der Waals surface area contributed by atoms with E-state index in [9.17, 15) is 14.4 Å². The summed E-state index contributed by atoms with van der Waals surface area (Å²) in [5.41, 5.74) is -0.496. The van der Waals surface area contributed by atoms with Crippen LogP contribution in [0.3, 0.4) is 0 Å². The number of hydrogen-bond acceptors (Lipinski definition) is 5. The van der Waals surface area contributed by atoms with Gasteiger partial charge in [0.25, 0.3) is 5.79 Å². The van der Waals surface area contributed by atoms with Crippen molar-refractivity contribution in [2.45, 2.75) is 45.8 Å². The van der Waals surface area contributed by atoms with Crippen molar-refractivity contribution in [1.29, 1.82) is 0 Å². The third-order valence-electron chi connectivity index (χ3n) is 3.48. The molecule has 0 spiro atoms. The average Bonchev–Trinajstić information content (AvgIpc) is 2.94. The molecular weight excluding hydrogens is 224 g/mol. The van der Waals surface area contributed by atoms with Gasteiger partial charge in [-0.15, -0.1) is 0 Å². The van der Waals surface area contributed by atoms with Crippen molar-refractivity contribution in [2.75, 3.05) is 0 Å². The normalized spacial score (nSPS) is 26.1. The Balaban J connectivity index is 2.20. The average molecular weight is 240 g/mol. The summed E-state index contributed by atoms with van der Waals surface area (Å²) in [6.45, 7) is 4.82. The van der Waals surface area contributed by atoms with E-state index in [1.165, 1.54) is 13.8 Å². The van der Waals surface area contributed by atoms with Gasteiger partial charge >= 0.3 is 11.9 Å². The molecule has 17 heavy (non-hydrogen) atoms. The number of hydrogen-bond donors (Lipinski definition) is 0. The monoisotopic (exact) mass is 240 g/mol. The van der Waals surface area contributed by atoms with Gasteiger partial charge in [-0.25, -0.2) is 0 Å². The molecule has 2 rings (SSSR count). The van der Waals surface area contributed by atoms with Crippen molar-refractivity contribution in [2.24, 2.45) is 11.3 Å². The first-order valence-electron chi connectivity index (χ1n) is 5.81. The van der Waals surface area contributed by atoms with Crippen molar-refractivity contribution in [3.05, 3.63) is 0 Å². The fourth-order valence-corrected chi connectivity index (χ4v) is 2.16. The summed E-state index contributed by atoms with van der Waals surface area (Å²) in [4.78, 5) is 35.6. The Bertz CT molecular complexity index is 372. The molecule has 0 atom stereocenters. The lowest BCUT2D eigenvalue weighted by Crippen LogP contribution is -2.50. The summed E-state index contributed by atoms with van der Waals surface area (Å²) in [5.74, 6) is -4.56. The lowest BCUT2D eigenvalue weighted by atomic mass is 9.87. The molecule has 0 amide bonds. The van der Waals surface area contributed by atoms with Crippen molar-refractivity contribution in [3.8, 4) is 0 Å². The Morgan fingerprint density at radius 1 is 1.24 bits per heavy atom. The SMILES string of the molecule is CCC1(C(=O)C2C(=O)OC(C)(C)OC2=O)CC1. The van der Waals surface area contributed by atoms with Crippen molar-refractivity contribution in [1.82, 2.24) is 0 Å². The van der Waals surface area contributed by atoms with Crippen molar-refractivity contribution in [3.63, 3.8) is 0 Å². The minimum atomic E-state index is -1.38. The quantitative estimate of drug-likeness (QED) is 0.547. The molecule has 0 radical (unpaired) electrons. The number of carbonyl (C=O) groups excluding carboxylic acids is 3. The second kappa shape index (κ2) is 3.55. The number of cyclic esters (lactones) is 2. The lowest BCUT2D eigenvalue weighted by molar-refractivity contribution is -0.238. The van der Waals surface area contributed by atoms with Gasteiger partial charge in [0.1, 0.15) is 0 Å². The molecule has 5 nitrogen and oxygen atoms in total. The molecule has 1 saturated carbocycles. The Morgan fingerprint density at radius 3 is 2.06 bits per heavy atom. The topological polar surface area (TPSA) is 69.7 Å². The van der Waals surface area contributed by atoms with E-state index in [4.69, 9.17) is 9.47 Å². The minimum Gasteiger partial charge on any atom is -0.422 e. The molecule has 1 saturated heterocycles. The summed E-state index contributed by atoms with van der Waals surface area (Å²) in [5, 5.41) is 0. The Hall–Kier alpha value is -1.39. The largest absolute Gasteiger partial charge is 0.422 e. The van der Waals surface area contributed by atoms with Crippen LogP contribution in [0.1, 0.15) is 40.0 Å². The van der Waals surface area contributed by atoms with E-state index in [-0.39, 0.29) is 5.78 Å². The third kappa shape index (κ3) is 1.94. The predicted octanol–water partition coefficient (Wildman–Crippen LogP) is 1.20. The minimum absolute atomic E-state index is 0.342. The predicted molar refractivity (Wildman–Crippen MR) is 56.7 cm³/mol. The number of ether oxygens (including phenoxy) is 2. The molecule has 0 aromatic heterocycles. The van der Waals surface area contributed by atoms with Gasteiger partial charge < -0.3 is 9.47 Å². The van der Waals surface area contributed by atoms with E-state index in [1.54, 1.807) is 0 Å². The first-order valence-corrected chi connectivity index (χ1v) is 5.81. The van der Waals surface area contributed by atoms with Crippen molar-refractivity contribution < 1.29 is 23.9 Å². The van der Waals surface area contributed by atoms with Crippen LogP contribution in [0.4, 0.5) is 0 Å². The molecule has 0 N–H and O–H groups in total. The molecule has 0 bridgehead atoms. The van der Waals surface area contributed by atoms with Gasteiger partial charge in [0.15, 0.2) is 5.78 Å². The molecule has 1 aliphatic carbocycles. The van der Waals surface area contributed by atoms with E-state index in [0.717, 1.165) is 12.8 Å². The number of esters is 2. The molecule has 5 heteroatoms. The van der Waals surface area contributed by atoms with Gasteiger partial charge in [-0.2, -0.15) is 0 Å². The van der Waals surface area contributed by atoms with Gasteiger partial charge in [0.05, 0.1) is 0 Å². The maximum Gasteiger partial charge on any atom is 0.331 e. The Labute approximate surface area is 99.5 Å².